The van der Waals surface area contributed by atoms with E-state index < -0.39 is 5.92 Å². The van der Waals surface area contributed by atoms with E-state index >= 15 is 0 Å². The highest BCUT2D eigenvalue weighted by Crippen LogP contribution is 2.32. The molecule has 22 heavy (non-hydrogen) atoms. The van der Waals surface area contributed by atoms with Crippen LogP contribution in [0.5, 0.6) is 0 Å². The Morgan fingerprint density at radius 2 is 2.05 bits per heavy atom. The molecule has 3 rings (SSSR count). The maximum Gasteiger partial charge on any atom is 0.251 e. The highest BCUT2D eigenvalue weighted by atomic mass is 79.9. The predicted molar refractivity (Wildman–Crippen MR) is 83.0 cm³/mol. The second-order valence-corrected chi connectivity index (χ2v) is 6.78. The molecule has 1 atom stereocenters. The molecule has 1 unspecified atom stereocenters. The summed E-state index contributed by atoms with van der Waals surface area (Å²) in [6, 6.07) is 3.77. The Bertz CT molecular complexity index is 559. The molecule has 1 amide bonds. The van der Waals surface area contributed by atoms with E-state index in [4.69, 9.17) is 0 Å². The second kappa shape index (κ2) is 6.10. The van der Waals surface area contributed by atoms with Crippen molar-refractivity contribution in [2.45, 2.75) is 25.2 Å². The van der Waals surface area contributed by atoms with Crippen molar-refractivity contribution in [3.05, 3.63) is 22.8 Å². The van der Waals surface area contributed by atoms with Gasteiger partial charge in [-0.3, -0.25) is 4.79 Å². The van der Waals surface area contributed by atoms with Crippen LogP contribution < -0.4 is 4.90 Å². The lowest BCUT2D eigenvalue weighted by molar-refractivity contribution is -0.140. The third-order valence-electron chi connectivity index (χ3n) is 4.38. The van der Waals surface area contributed by atoms with Crippen LogP contribution in [0.3, 0.4) is 0 Å². The number of anilines is 1. The molecule has 2 saturated heterocycles. The smallest absolute Gasteiger partial charge is 0.251 e. The minimum atomic E-state index is -2.61. The van der Waals surface area contributed by atoms with Crippen LogP contribution in [0.4, 0.5) is 14.6 Å². The number of hydrogen-bond donors (Lipinski definition) is 0. The monoisotopic (exact) mass is 373 g/mol. The lowest BCUT2D eigenvalue weighted by atomic mass is 10.0. The number of piperidine rings is 1. The first-order valence-electron chi connectivity index (χ1n) is 7.48. The maximum atomic E-state index is 13.2. The summed E-state index contributed by atoms with van der Waals surface area (Å²) in [7, 11) is 0. The first kappa shape index (κ1) is 15.6. The summed E-state index contributed by atoms with van der Waals surface area (Å²) in [4.78, 5) is 20.5. The van der Waals surface area contributed by atoms with Gasteiger partial charge in [-0.05, 0) is 34.5 Å². The van der Waals surface area contributed by atoms with Crippen molar-refractivity contribution in [2.24, 2.45) is 5.92 Å². The normalized spacial score (nSPS) is 24.6. The summed E-state index contributed by atoms with van der Waals surface area (Å²) in [5.74, 6) is -1.90. The molecule has 3 heterocycles. The topological polar surface area (TPSA) is 36.4 Å². The first-order chi connectivity index (χ1) is 10.5. The zero-order chi connectivity index (χ0) is 15.7. The van der Waals surface area contributed by atoms with Gasteiger partial charge in [-0.15, -0.1) is 0 Å². The maximum absolute atomic E-state index is 13.2. The van der Waals surface area contributed by atoms with Crippen molar-refractivity contribution in [2.75, 3.05) is 31.1 Å². The molecule has 2 aliphatic heterocycles. The summed E-state index contributed by atoms with van der Waals surface area (Å²) in [5.41, 5.74) is 0. The first-order valence-corrected chi connectivity index (χ1v) is 8.28. The molecule has 2 fully saturated rings. The van der Waals surface area contributed by atoms with Gasteiger partial charge in [0.25, 0.3) is 5.92 Å². The number of carbonyl (C=O) groups is 1. The Balaban J connectivity index is 1.61. The number of amides is 1. The van der Waals surface area contributed by atoms with Crippen LogP contribution in [0.15, 0.2) is 22.8 Å². The molecule has 0 bridgehead atoms. The molecule has 0 N–H and O–H groups in total. The molecule has 0 radical (unpaired) electrons. The van der Waals surface area contributed by atoms with E-state index in [-0.39, 0.29) is 37.8 Å². The van der Waals surface area contributed by atoms with E-state index in [2.05, 4.69) is 25.8 Å². The Kier molecular flexibility index (Phi) is 4.34. The van der Waals surface area contributed by atoms with Crippen LogP contribution in [-0.4, -0.2) is 47.9 Å². The molecule has 0 saturated carbocycles. The van der Waals surface area contributed by atoms with Crippen molar-refractivity contribution in [1.29, 1.82) is 0 Å². The third kappa shape index (κ3) is 3.24. The Labute approximate surface area is 136 Å². The van der Waals surface area contributed by atoms with Crippen LogP contribution in [0.25, 0.3) is 0 Å². The molecule has 0 aliphatic carbocycles. The fraction of sp³-hybridized carbons (Fsp3) is 0.600. The highest BCUT2D eigenvalue weighted by Gasteiger charge is 2.39. The molecule has 7 heteroatoms. The van der Waals surface area contributed by atoms with E-state index in [1.54, 1.807) is 11.1 Å². The quantitative estimate of drug-likeness (QED) is 0.799. The van der Waals surface area contributed by atoms with E-state index in [0.29, 0.717) is 6.54 Å². The van der Waals surface area contributed by atoms with E-state index in [9.17, 15) is 13.6 Å². The molecular formula is C15H18BrF2N3O. The van der Waals surface area contributed by atoms with Gasteiger partial charge in [0.15, 0.2) is 0 Å². The Morgan fingerprint density at radius 3 is 2.73 bits per heavy atom. The second-order valence-electron chi connectivity index (χ2n) is 5.92. The highest BCUT2D eigenvalue weighted by molar-refractivity contribution is 9.10. The number of hydrogen-bond acceptors (Lipinski definition) is 3. The van der Waals surface area contributed by atoms with Gasteiger partial charge in [0.05, 0.1) is 10.4 Å². The van der Waals surface area contributed by atoms with Gasteiger partial charge >= 0.3 is 0 Å². The summed E-state index contributed by atoms with van der Waals surface area (Å²) < 4.78 is 27.3. The minimum Gasteiger partial charge on any atom is -0.355 e. The summed E-state index contributed by atoms with van der Waals surface area (Å²) in [6.07, 6.45) is 2.03. The third-order valence-corrected chi connectivity index (χ3v) is 5.00. The largest absolute Gasteiger partial charge is 0.355 e. The van der Waals surface area contributed by atoms with Gasteiger partial charge in [-0.1, -0.05) is 0 Å². The SMILES string of the molecule is O=C(C1CCN(c2ncccc2Br)C1)N1CCC(F)(F)CC1. The number of aromatic nitrogens is 1. The molecular weight excluding hydrogens is 356 g/mol. The van der Waals surface area contributed by atoms with Gasteiger partial charge < -0.3 is 9.80 Å². The molecule has 1 aromatic rings. The predicted octanol–water partition coefficient (Wildman–Crippen LogP) is 2.93. The number of rotatable bonds is 2. The van der Waals surface area contributed by atoms with Gasteiger partial charge in [0.1, 0.15) is 5.82 Å². The molecule has 2 aliphatic rings. The lowest BCUT2D eigenvalue weighted by Crippen LogP contribution is -2.45. The fourth-order valence-electron chi connectivity index (χ4n) is 3.08. The standard InChI is InChI=1S/C15H18BrF2N3O/c16-12-2-1-6-19-13(12)21-7-3-11(10-21)14(22)20-8-4-15(17,18)5-9-20/h1-2,6,11H,3-5,7-10H2. The zero-order valence-corrected chi connectivity index (χ0v) is 13.7. The summed E-state index contributed by atoms with van der Waals surface area (Å²) in [5, 5.41) is 0. The Morgan fingerprint density at radius 1 is 1.32 bits per heavy atom. The molecule has 1 aromatic heterocycles. The van der Waals surface area contributed by atoms with Crippen molar-refractivity contribution in [3.63, 3.8) is 0 Å². The summed E-state index contributed by atoms with van der Waals surface area (Å²) >= 11 is 3.47. The van der Waals surface area contributed by atoms with Crippen LogP contribution in [-0.2, 0) is 4.79 Å². The average Bonchev–Trinajstić information content (AvgIpc) is 2.96. The number of nitrogens with zero attached hydrogens (tertiary/aromatic N) is 3. The van der Waals surface area contributed by atoms with E-state index in [1.165, 1.54) is 0 Å². The number of carbonyl (C=O) groups excluding carboxylic acids is 1. The van der Waals surface area contributed by atoms with Crippen molar-refractivity contribution in [3.8, 4) is 0 Å². The molecule has 0 spiro atoms. The molecule has 120 valence electrons. The van der Waals surface area contributed by atoms with Gasteiger partial charge in [0.2, 0.25) is 5.91 Å². The van der Waals surface area contributed by atoms with Crippen molar-refractivity contribution < 1.29 is 13.6 Å². The van der Waals surface area contributed by atoms with Crippen LogP contribution in [0, 0.1) is 5.92 Å². The zero-order valence-electron chi connectivity index (χ0n) is 12.1. The fourth-order valence-corrected chi connectivity index (χ4v) is 3.58. The summed E-state index contributed by atoms with van der Waals surface area (Å²) in [6.45, 7) is 1.68. The van der Waals surface area contributed by atoms with Gasteiger partial charge in [-0.25, -0.2) is 13.8 Å². The number of pyridine rings is 1. The number of halogens is 3. The molecule has 4 nitrogen and oxygen atoms in total. The average molecular weight is 374 g/mol. The van der Waals surface area contributed by atoms with Crippen LogP contribution in [0.1, 0.15) is 19.3 Å². The Hall–Kier alpha value is -1.24. The van der Waals surface area contributed by atoms with Crippen LogP contribution in [0.2, 0.25) is 0 Å². The lowest BCUT2D eigenvalue weighted by Gasteiger charge is -2.33. The van der Waals surface area contributed by atoms with E-state index in [0.717, 1.165) is 23.3 Å². The molecule has 0 aromatic carbocycles. The van der Waals surface area contributed by atoms with Gasteiger partial charge in [-0.2, -0.15) is 0 Å². The minimum absolute atomic E-state index is 0.00468. The van der Waals surface area contributed by atoms with Crippen molar-refractivity contribution in [1.82, 2.24) is 9.88 Å². The van der Waals surface area contributed by atoms with Gasteiger partial charge in [0, 0.05) is 45.2 Å². The number of alkyl halides is 2. The number of likely N-dealkylation sites (tertiary alicyclic amines) is 1. The van der Waals surface area contributed by atoms with Crippen molar-refractivity contribution >= 4 is 27.7 Å². The van der Waals surface area contributed by atoms with E-state index in [1.807, 2.05) is 12.1 Å². The van der Waals surface area contributed by atoms with Crippen LogP contribution >= 0.6 is 15.9 Å².